The van der Waals surface area contributed by atoms with Crippen LogP contribution >= 0.6 is 34.7 Å². The topological polar surface area (TPSA) is 12.9 Å². The summed E-state index contributed by atoms with van der Waals surface area (Å²) in [6.07, 6.45) is 0. The van der Waals surface area contributed by atoms with Gasteiger partial charge in [-0.2, -0.15) is 0 Å². The molecule has 0 aliphatic rings. The van der Waals surface area contributed by atoms with Crippen molar-refractivity contribution in [1.29, 1.82) is 0 Å². The van der Waals surface area contributed by atoms with Crippen molar-refractivity contribution in [2.45, 2.75) is 11.8 Å². The molecule has 2 aromatic rings. The molecule has 0 atom stereocenters. The molecule has 2 rings (SSSR count). The highest BCUT2D eigenvalue weighted by atomic mass is 35.5. The minimum atomic E-state index is 0.594. The summed E-state index contributed by atoms with van der Waals surface area (Å²) in [6, 6.07) is 8.42. The largest absolute Gasteiger partial charge is 0.225 e. The number of aromatic nitrogens is 1. The van der Waals surface area contributed by atoms with E-state index in [0.29, 0.717) is 4.47 Å². The van der Waals surface area contributed by atoms with Crippen LogP contribution in [0.15, 0.2) is 34.5 Å². The predicted octanol–water partition coefficient (Wildman–Crippen LogP) is 4.58. The van der Waals surface area contributed by atoms with Gasteiger partial charge in [0.15, 0.2) is 4.47 Å². The lowest BCUT2D eigenvalue weighted by Gasteiger charge is -1.99. The van der Waals surface area contributed by atoms with Crippen LogP contribution in [-0.2, 0) is 0 Å². The van der Waals surface area contributed by atoms with Crippen LogP contribution in [0, 0.1) is 0 Å². The number of nitrogens with zero attached hydrogens (tertiary/aromatic N) is 1. The van der Waals surface area contributed by atoms with E-state index < -0.39 is 0 Å². The normalized spacial score (nSPS) is 10.5. The molecule has 15 heavy (non-hydrogen) atoms. The van der Waals surface area contributed by atoms with Crippen molar-refractivity contribution in [1.82, 2.24) is 4.98 Å². The number of hydrogen-bond acceptors (Lipinski definition) is 3. The van der Waals surface area contributed by atoms with Gasteiger partial charge in [-0.15, -0.1) is 23.1 Å². The first-order chi connectivity index (χ1) is 7.29. The molecule has 4 heteroatoms. The molecule has 0 saturated heterocycles. The monoisotopic (exact) mass is 255 g/mol. The molecule has 0 radical (unpaired) electrons. The summed E-state index contributed by atoms with van der Waals surface area (Å²) >= 11 is 9.10. The van der Waals surface area contributed by atoms with Crippen molar-refractivity contribution in [3.63, 3.8) is 0 Å². The summed E-state index contributed by atoms with van der Waals surface area (Å²) in [5.41, 5.74) is 2.08. The van der Waals surface area contributed by atoms with Crippen LogP contribution in [-0.4, -0.2) is 10.7 Å². The molecule has 1 aromatic heterocycles. The smallest absolute Gasteiger partial charge is 0.184 e. The molecule has 0 unspecified atom stereocenters. The Morgan fingerprint density at radius 2 is 2.07 bits per heavy atom. The van der Waals surface area contributed by atoms with Gasteiger partial charge in [0, 0.05) is 15.8 Å². The van der Waals surface area contributed by atoms with E-state index >= 15 is 0 Å². The van der Waals surface area contributed by atoms with Crippen molar-refractivity contribution in [2.75, 3.05) is 5.75 Å². The molecule has 0 aliphatic carbocycles. The molecule has 0 fully saturated rings. The van der Waals surface area contributed by atoms with Gasteiger partial charge < -0.3 is 0 Å². The van der Waals surface area contributed by atoms with E-state index in [1.807, 2.05) is 17.1 Å². The van der Waals surface area contributed by atoms with Gasteiger partial charge in [0.1, 0.15) is 0 Å². The van der Waals surface area contributed by atoms with Crippen LogP contribution in [0.3, 0.4) is 0 Å². The van der Waals surface area contributed by atoms with Crippen LogP contribution < -0.4 is 0 Å². The van der Waals surface area contributed by atoms with E-state index in [1.54, 1.807) is 0 Å². The lowest BCUT2D eigenvalue weighted by atomic mass is 10.2. The van der Waals surface area contributed by atoms with Crippen molar-refractivity contribution >= 4 is 34.7 Å². The molecule has 0 amide bonds. The molecule has 1 aromatic carbocycles. The second-order valence-electron chi connectivity index (χ2n) is 2.94. The maximum Gasteiger partial charge on any atom is 0.184 e. The van der Waals surface area contributed by atoms with Crippen LogP contribution in [0.4, 0.5) is 0 Å². The lowest BCUT2D eigenvalue weighted by molar-refractivity contribution is 1.38. The number of rotatable bonds is 3. The highest BCUT2D eigenvalue weighted by molar-refractivity contribution is 7.99. The van der Waals surface area contributed by atoms with Crippen molar-refractivity contribution in [3.8, 4) is 11.3 Å². The second-order valence-corrected chi connectivity index (χ2v) is 5.72. The fourth-order valence-electron chi connectivity index (χ4n) is 1.27. The average molecular weight is 256 g/mol. The minimum absolute atomic E-state index is 0.594. The number of benzene rings is 1. The Hall–Kier alpha value is -0.510. The lowest BCUT2D eigenvalue weighted by Crippen LogP contribution is -1.78. The van der Waals surface area contributed by atoms with E-state index in [4.69, 9.17) is 11.6 Å². The molecule has 1 heterocycles. The number of thioether (sulfide) groups is 1. The van der Waals surface area contributed by atoms with Gasteiger partial charge >= 0.3 is 0 Å². The van der Waals surface area contributed by atoms with E-state index in [0.717, 1.165) is 17.0 Å². The SMILES string of the molecule is CCSc1ccc(-c2csc(Cl)n2)cc1. The van der Waals surface area contributed by atoms with Gasteiger partial charge in [0.2, 0.25) is 0 Å². The second kappa shape index (κ2) is 5.01. The van der Waals surface area contributed by atoms with Gasteiger partial charge in [-0.25, -0.2) is 4.98 Å². The summed E-state index contributed by atoms with van der Waals surface area (Å²) < 4.78 is 0.594. The highest BCUT2D eigenvalue weighted by Crippen LogP contribution is 2.26. The Labute approximate surface area is 103 Å². The first kappa shape index (κ1) is 11.0. The maximum atomic E-state index is 5.79. The zero-order valence-electron chi connectivity index (χ0n) is 8.24. The first-order valence-electron chi connectivity index (χ1n) is 4.64. The van der Waals surface area contributed by atoms with Crippen LogP contribution in [0.1, 0.15) is 6.92 Å². The predicted molar refractivity (Wildman–Crippen MR) is 69.0 cm³/mol. The quantitative estimate of drug-likeness (QED) is 0.745. The van der Waals surface area contributed by atoms with Crippen molar-refractivity contribution in [3.05, 3.63) is 34.1 Å². The van der Waals surface area contributed by atoms with Crippen molar-refractivity contribution in [2.24, 2.45) is 0 Å². The molecular formula is C11H10ClNS2. The highest BCUT2D eigenvalue weighted by Gasteiger charge is 2.02. The third-order valence-electron chi connectivity index (χ3n) is 1.94. The van der Waals surface area contributed by atoms with Gasteiger partial charge in [0.05, 0.1) is 5.69 Å². The summed E-state index contributed by atoms with van der Waals surface area (Å²) in [5.74, 6) is 1.10. The van der Waals surface area contributed by atoms with E-state index in [-0.39, 0.29) is 0 Å². The molecule has 0 spiro atoms. The summed E-state index contributed by atoms with van der Waals surface area (Å²) in [5, 5.41) is 1.98. The Bertz CT molecular complexity index is 436. The minimum Gasteiger partial charge on any atom is -0.225 e. The van der Waals surface area contributed by atoms with E-state index in [9.17, 15) is 0 Å². The molecule has 0 N–H and O–H groups in total. The molecule has 1 nitrogen and oxygen atoms in total. The third kappa shape index (κ3) is 2.74. The molecule has 78 valence electrons. The molecule has 0 saturated carbocycles. The standard InChI is InChI=1S/C11H10ClNS2/c1-2-14-9-5-3-8(4-6-9)10-7-15-11(12)13-10/h3-7H,2H2,1H3. The molecular weight excluding hydrogens is 246 g/mol. The summed E-state index contributed by atoms with van der Waals surface area (Å²) in [4.78, 5) is 5.53. The van der Waals surface area contributed by atoms with Crippen LogP contribution in [0.25, 0.3) is 11.3 Å². The zero-order valence-corrected chi connectivity index (χ0v) is 10.6. The Balaban J connectivity index is 2.23. The summed E-state index contributed by atoms with van der Waals surface area (Å²) in [7, 11) is 0. The third-order valence-corrected chi connectivity index (χ3v) is 3.81. The number of halogens is 1. The fourth-order valence-corrected chi connectivity index (χ4v) is 2.71. The van der Waals surface area contributed by atoms with Crippen molar-refractivity contribution < 1.29 is 0 Å². The Morgan fingerprint density at radius 1 is 1.33 bits per heavy atom. The van der Waals surface area contributed by atoms with Crippen LogP contribution in [0.2, 0.25) is 4.47 Å². The number of thiazole rings is 1. The van der Waals surface area contributed by atoms with Gasteiger partial charge in [-0.05, 0) is 17.9 Å². The summed E-state index contributed by atoms with van der Waals surface area (Å²) in [6.45, 7) is 2.15. The van der Waals surface area contributed by atoms with Gasteiger partial charge in [-0.1, -0.05) is 30.7 Å². The average Bonchev–Trinajstić information content (AvgIpc) is 2.67. The first-order valence-corrected chi connectivity index (χ1v) is 6.88. The fraction of sp³-hybridized carbons (Fsp3) is 0.182. The van der Waals surface area contributed by atoms with E-state index in [2.05, 4.69) is 36.2 Å². The van der Waals surface area contributed by atoms with Gasteiger partial charge in [-0.3, -0.25) is 0 Å². The Kier molecular flexibility index (Phi) is 3.67. The number of hydrogen-bond donors (Lipinski definition) is 0. The van der Waals surface area contributed by atoms with Crippen LogP contribution in [0.5, 0.6) is 0 Å². The zero-order chi connectivity index (χ0) is 10.7. The van der Waals surface area contributed by atoms with E-state index in [1.165, 1.54) is 16.2 Å². The molecule has 0 aliphatic heterocycles. The molecule has 0 bridgehead atoms. The Morgan fingerprint density at radius 3 is 2.60 bits per heavy atom. The maximum absolute atomic E-state index is 5.79. The van der Waals surface area contributed by atoms with Gasteiger partial charge in [0.25, 0.3) is 0 Å².